The van der Waals surface area contributed by atoms with Gasteiger partial charge in [-0.1, -0.05) is 6.07 Å². The molecule has 4 heteroatoms. The number of aliphatic hydroxyl groups excluding tert-OH is 1. The molecule has 1 aromatic rings. The van der Waals surface area contributed by atoms with E-state index in [1.54, 1.807) is 13.0 Å². The fourth-order valence-corrected chi connectivity index (χ4v) is 1.07. The van der Waals surface area contributed by atoms with Crippen LogP contribution >= 0.6 is 0 Å². The van der Waals surface area contributed by atoms with Gasteiger partial charge < -0.3 is 15.9 Å². The molecule has 0 aliphatic carbocycles. The second-order valence-corrected chi connectivity index (χ2v) is 3.42. The molecule has 14 heavy (non-hydrogen) atoms. The lowest BCUT2D eigenvalue weighted by Crippen LogP contribution is -2.36. The second kappa shape index (κ2) is 3.66. The van der Waals surface area contributed by atoms with Crippen molar-refractivity contribution in [3.8, 4) is 11.8 Å². The third kappa shape index (κ3) is 1.84. The minimum atomic E-state index is -0.890. The van der Waals surface area contributed by atoms with E-state index in [1.807, 2.05) is 6.07 Å². The van der Waals surface area contributed by atoms with Crippen LogP contribution in [0.5, 0.6) is 5.75 Å². The molecule has 0 aliphatic heterocycles. The third-order valence-corrected chi connectivity index (χ3v) is 2.10. The fourth-order valence-electron chi connectivity index (χ4n) is 1.07. The van der Waals surface area contributed by atoms with Gasteiger partial charge in [0.05, 0.1) is 17.7 Å². The minimum absolute atomic E-state index is 0.0787. The van der Waals surface area contributed by atoms with Crippen LogP contribution in [-0.2, 0) is 5.54 Å². The van der Waals surface area contributed by atoms with Crippen LogP contribution in [0.2, 0.25) is 0 Å². The molecule has 1 aromatic carbocycles. The highest BCUT2D eigenvalue weighted by Gasteiger charge is 2.20. The van der Waals surface area contributed by atoms with Crippen molar-refractivity contribution >= 4 is 0 Å². The van der Waals surface area contributed by atoms with Crippen LogP contribution in [0.1, 0.15) is 18.1 Å². The second-order valence-electron chi connectivity index (χ2n) is 3.42. The summed E-state index contributed by atoms with van der Waals surface area (Å²) in [5.41, 5.74) is 5.66. The van der Waals surface area contributed by atoms with Gasteiger partial charge in [-0.05, 0) is 24.6 Å². The molecule has 1 rings (SSSR count). The maximum Gasteiger partial charge on any atom is 0.133 e. The molecule has 0 amide bonds. The Kier molecular flexibility index (Phi) is 2.75. The number of nitrogens with zero attached hydrogens (tertiary/aromatic N) is 1. The molecule has 74 valence electrons. The van der Waals surface area contributed by atoms with Gasteiger partial charge in [0.1, 0.15) is 11.8 Å². The Labute approximate surface area is 82.2 Å². The zero-order valence-corrected chi connectivity index (χ0v) is 7.86. The van der Waals surface area contributed by atoms with Crippen LogP contribution in [0.15, 0.2) is 18.2 Å². The number of phenolic OH excluding ortho intramolecular Hbond substituents is 1. The summed E-state index contributed by atoms with van der Waals surface area (Å²) in [6.45, 7) is 1.43. The molecule has 0 unspecified atom stereocenters. The molecule has 0 aromatic heterocycles. The van der Waals surface area contributed by atoms with Crippen molar-refractivity contribution in [2.45, 2.75) is 12.5 Å². The van der Waals surface area contributed by atoms with Crippen molar-refractivity contribution in [2.24, 2.45) is 5.73 Å². The Morgan fingerprint density at radius 3 is 2.71 bits per heavy atom. The van der Waals surface area contributed by atoms with E-state index in [2.05, 4.69) is 0 Å². The highest BCUT2D eigenvalue weighted by atomic mass is 16.3. The number of nitrogens with two attached hydrogens (primary N) is 1. The van der Waals surface area contributed by atoms with E-state index in [9.17, 15) is 5.11 Å². The summed E-state index contributed by atoms with van der Waals surface area (Å²) < 4.78 is 0. The molecule has 0 heterocycles. The van der Waals surface area contributed by atoms with Crippen LogP contribution in [0.25, 0.3) is 0 Å². The molecule has 0 spiro atoms. The smallest absolute Gasteiger partial charge is 0.133 e. The van der Waals surface area contributed by atoms with E-state index in [4.69, 9.17) is 16.1 Å². The predicted molar refractivity (Wildman–Crippen MR) is 51.4 cm³/mol. The lowest BCUT2D eigenvalue weighted by molar-refractivity contribution is 0.210. The summed E-state index contributed by atoms with van der Waals surface area (Å²) >= 11 is 0. The molecule has 0 saturated heterocycles. The molecular weight excluding hydrogens is 180 g/mol. The van der Waals surface area contributed by atoms with Crippen LogP contribution in [0, 0.1) is 11.3 Å². The van der Waals surface area contributed by atoms with Crippen molar-refractivity contribution in [2.75, 3.05) is 6.61 Å². The Morgan fingerprint density at radius 1 is 1.57 bits per heavy atom. The molecule has 4 N–H and O–H groups in total. The van der Waals surface area contributed by atoms with E-state index in [1.165, 1.54) is 12.1 Å². The third-order valence-electron chi connectivity index (χ3n) is 2.10. The van der Waals surface area contributed by atoms with Gasteiger partial charge in [0.15, 0.2) is 0 Å². The average Bonchev–Trinajstić information content (AvgIpc) is 2.18. The summed E-state index contributed by atoms with van der Waals surface area (Å²) in [6.07, 6.45) is 0. The maximum absolute atomic E-state index is 9.25. The van der Waals surface area contributed by atoms with Gasteiger partial charge in [-0.15, -0.1) is 0 Å². The predicted octanol–water partition coefficient (Wildman–Crippen LogP) is 0.430. The molecule has 4 nitrogen and oxygen atoms in total. The largest absolute Gasteiger partial charge is 0.507 e. The first kappa shape index (κ1) is 10.5. The minimum Gasteiger partial charge on any atom is -0.507 e. The van der Waals surface area contributed by atoms with Crippen LogP contribution in [0.4, 0.5) is 0 Å². The zero-order valence-electron chi connectivity index (χ0n) is 7.86. The van der Waals surface area contributed by atoms with Crippen molar-refractivity contribution in [1.82, 2.24) is 0 Å². The summed E-state index contributed by atoms with van der Waals surface area (Å²) in [7, 11) is 0. The number of hydrogen-bond acceptors (Lipinski definition) is 4. The normalized spacial score (nSPS) is 14.4. The van der Waals surface area contributed by atoms with E-state index >= 15 is 0 Å². The van der Waals surface area contributed by atoms with Crippen LogP contribution in [0.3, 0.4) is 0 Å². The van der Waals surface area contributed by atoms with Crippen molar-refractivity contribution in [3.63, 3.8) is 0 Å². The van der Waals surface area contributed by atoms with Gasteiger partial charge in [-0.25, -0.2) is 0 Å². The highest BCUT2D eigenvalue weighted by molar-refractivity contribution is 5.46. The fraction of sp³-hybridized carbons (Fsp3) is 0.300. The van der Waals surface area contributed by atoms with E-state index in [0.29, 0.717) is 5.56 Å². The van der Waals surface area contributed by atoms with Crippen LogP contribution in [-0.4, -0.2) is 16.8 Å². The van der Waals surface area contributed by atoms with Crippen molar-refractivity contribution in [3.05, 3.63) is 29.3 Å². The van der Waals surface area contributed by atoms with Gasteiger partial charge >= 0.3 is 0 Å². The maximum atomic E-state index is 9.25. The van der Waals surface area contributed by atoms with E-state index < -0.39 is 5.54 Å². The van der Waals surface area contributed by atoms with Gasteiger partial charge in [-0.2, -0.15) is 5.26 Å². The molecule has 0 radical (unpaired) electrons. The Balaban J connectivity index is 3.21. The lowest BCUT2D eigenvalue weighted by Gasteiger charge is -2.22. The summed E-state index contributed by atoms with van der Waals surface area (Å²) in [5, 5.41) is 26.9. The average molecular weight is 192 g/mol. The molecular formula is C10H12N2O2. The number of aromatic hydroxyl groups is 1. The monoisotopic (exact) mass is 192 g/mol. The molecule has 0 fully saturated rings. The standard InChI is InChI=1S/C10H12N2O2/c1-10(12,6-13)8-2-3-9(14)7(4-8)5-11/h2-4,13-14H,6,12H2,1H3/t10-/m1/s1. The molecule has 0 bridgehead atoms. The first-order valence-corrected chi connectivity index (χ1v) is 4.14. The zero-order chi connectivity index (χ0) is 10.8. The molecule has 1 atom stereocenters. The summed E-state index contributed by atoms with van der Waals surface area (Å²) in [4.78, 5) is 0. The lowest BCUT2D eigenvalue weighted by atomic mass is 9.93. The number of benzene rings is 1. The SMILES string of the molecule is C[C@@](N)(CO)c1ccc(O)c(C#N)c1. The first-order valence-electron chi connectivity index (χ1n) is 4.14. The van der Waals surface area contributed by atoms with Gasteiger partial charge in [0.25, 0.3) is 0 Å². The highest BCUT2D eigenvalue weighted by Crippen LogP contribution is 2.23. The Hall–Kier alpha value is -1.57. The molecule has 0 saturated carbocycles. The van der Waals surface area contributed by atoms with Gasteiger partial charge in [-0.3, -0.25) is 0 Å². The van der Waals surface area contributed by atoms with E-state index in [0.717, 1.165) is 0 Å². The number of aliphatic hydroxyl groups is 1. The Bertz CT molecular complexity index is 380. The summed E-state index contributed by atoms with van der Waals surface area (Å²) in [5.74, 6) is -0.0787. The van der Waals surface area contributed by atoms with Crippen molar-refractivity contribution in [1.29, 1.82) is 5.26 Å². The van der Waals surface area contributed by atoms with E-state index in [-0.39, 0.29) is 17.9 Å². The number of hydrogen-bond donors (Lipinski definition) is 3. The summed E-state index contributed by atoms with van der Waals surface area (Å²) in [6, 6.07) is 6.31. The first-order chi connectivity index (χ1) is 6.51. The topological polar surface area (TPSA) is 90.3 Å². The number of phenols is 1. The van der Waals surface area contributed by atoms with Crippen LogP contribution < -0.4 is 5.73 Å². The van der Waals surface area contributed by atoms with Gasteiger partial charge in [0.2, 0.25) is 0 Å². The van der Waals surface area contributed by atoms with Gasteiger partial charge in [0, 0.05) is 0 Å². The quantitative estimate of drug-likeness (QED) is 0.633. The molecule has 0 aliphatic rings. The van der Waals surface area contributed by atoms with Crippen molar-refractivity contribution < 1.29 is 10.2 Å². The number of nitriles is 1. The number of rotatable bonds is 2. The Morgan fingerprint density at radius 2 is 2.21 bits per heavy atom.